The van der Waals surface area contributed by atoms with Crippen LogP contribution in [-0.4, -0.2) is 5.91 Å². The van der Waals surface area contributed by atoms with Crippen LogP contribution >= 0.6 is 11.6 Å². The zero-order valence-corrected chi connectivity index (χ0v) is 13.9. The Bertz CT molecular complexity index is 1020. The normalized spacial score (nSPS) is 10.7. The molecule has 1 aromatic heterocycles. The second-order valence-electron chi connectivity index (χ2n) is 5.35. The summed E-state index contributed by atoms with van der Waals surface area (Å²) in [7, 11) is 0. The molecule has 0 aliphatic carbocycles. The monoisotopic (exact) mass is 361 g/mol. The highest BCUT2D eigenvalue weighted by Crippen LogP contribution is 2.27. The molecule has 2 aromatic carbocycles. The SMILES string of the molecule is CC(=O)Nc1ccc2c(COc3ccc(F)cc3Cl)cc(=O)oc2c1. The molecule has 7 heteroatoms. The van der Waals surface area contributed by atoms with Crippen LogP contribution in [0.15, 0.2) is 51.7 Å². The van der Waals surface area contributed by atoms with Crippen molar-refractivity contribution >= 4 is 34.2 Å². The maximum Gasteiger partial charge on any atom is 0.336 e. The molecule has 25 heavy (non-hydrogen) atoms. The van der Waals surface area contributed by atoms with E-state index in [0.29, 0.717) is 28.0 Å². The molecular weight excluding hydrogens is 349 g/mol. The van der Waals surface area contributed by atoms with E-state index in [1.165, 1.54) is 25.1 Å². The number of carbonyl (C=O) groups is 1. The van der Waals surface area contributed by atoms with Crippen molar-refractivity contribution in [3.8, 4) is 5.75 Å². The molecule has 3 rings (SSSR count). The Morgan fingerprint density at radius 1 is 1.24 bits per heavy atom. The summed E-state index contributed by atoms with van der Waals surface area (Å²) >= 11 is 5.93. The topological polar surface area (TPSA) is 68.5 Å². The molecule has 0 aliphatic rings. The number of fused-ring (bicyclic) bond motifs is 1. The van der Waals surface area contributed by atoms with Crippen LogP contribution in [0.4, 0.5) is 10.1 Å². The largest absolute Gasteiger partial charge is 0.487 e. The molecule has 5 nitrogen and oxygen atoms in total. The van der Waals surface area contributed by atoms with Gasteiger partial charge in [0.15, 0.2) is 0 Å². The van der Waals surface area contributed by atoms with Crippen molar-refractivity contribution in [1.29, 1.82) is 0 Å². The van der Waals surface area contributed by atoms with E-state index >= 15 is 0 Å². The van der Waals surface area contributed by atoms with Crippen LogP contribution in [0.25, 0.3) is 11.0 Å². The van der Waals surface area contributed by atoms with Crippen molar-refractivity contribution in [2.24, 2.45) is 0 Å². The van der Waals surface area contributed by atoms with Crippen molar-refractivity contribution in [3.63, 3.8) is 0 Å². The van der Waals surface area contributed by atoms with Crippen molar-refractivity contribution in [3.05, 3.63) is 69.3 Å². The number of rotatable bonds is 4. The van der Waals surface area contributed by atoms with Crippen molar-refractivity contribution in [1.82, 2.24) is 0 Å². The molecule has 128 valence electrons. The second kappa shape index (κ2) is 6.94. The van der Waals surface area contributed by atoms with Gasteiger partial charge in [0.25, 0.3) is 0 Å². The number of benzene rings is 2. The summed E-state index contributed by atoms with van der Waals surface area (Å²) in [4.78, 5) is 22.9. The first-order valence-corrected chi connectivity index (χ1v) is 7.72. The molecule has 0 atom stereocenters. The summed E-state index contributed by atoms with van der Waals surface area (Å²) in [6.45, 7) is 1.43. The molecule has 1 amide bonds. The Morgan fingerprint density at radius 2 is 2.04 bits per heavy atom. The average Bonchev–Trinajstić information content (AvgIpc) is 2.52. The van der Waals surface area contributed by atoms with Crippen LogP contribution in [0, 0.1) is 5.82 Å². The number of halogens is 2. The van der Waals surface area contributed by atoms with E-state index in [1.54, 1.807) is 18.2 Å². The first-order valence-electron chi connectivity index (χ1n) is 7.34. The summed E-state index contributed by atoms with van der Waals surface area (Å²) < 4.78 is 23.8. The van der Waals surface area contributed by atoms with Gasteiger partial charge in [-0.15, -0.1) is 0 Å². The average molecular weight is 362 g/mol. The fourth-order valence-electron chi connectivity index (χ4n) is 2.38. The lowest BCUT2D eigenvalue weighted by atomic mass is 10.1. The Labute approximate surface area is 147 Å². The first kappa shape index (κ1) is 17.0. The van der Waals surface area contributed by atoms with Gasteiger partial charge in [-0.1, -0.05) is 11.6 Å². The van der Waals surface area contributed by atoms with Gasteiger partial charge in [-0.25, -0.2) is 9.18 Å². The molecule has 0 fully saturated rings. The zero-order chi connectivity index (χ0) is 18.0. The Balaban J connectivity index is 1.92. The van der Waals surface area contributed by atoms with E-state index < -0.39 is 11.4 Å². The predicted octanol–water partition coefficient (Wildman–Crippen LogP) is 4.12. The molecule has 1 heterocycles. The molecule has 0 radical (unpaired) electrons. The van der Waals surface area contributed by atoms with Gasteiger partial charge in [0.05, 0.1) is 5.02 Å². The third-order valence-electron chi connectivity index (χ3n) is 3.43. The van der Waals surface area contributed by atoms with Gasteiger partial charge in [0, 0.05) is 35.7 Å². The maximum absolute atomic E-state index is 13.1. The van der Waals surface area contributed by atoms with Gasteiger partial charge in [-0.2, -0.15) is 0 Å². The van der Waals surface area contributed by atoms with Crippen LogP contribution in [0.5, 0.6) is 5.75 Å². The molecule has 0 aliphatic heterocycles. The van der Waals surface area contributed by atoms with Gasteiger partial charge < -0.3 is 14.5 Å². The van der Waals surface area contributed by atoms with Crippen LogP contribution in [0.3, 0.4) is 0 Å². The summed E-state index contributed by atoms with van der Waals surface area (Å²) in [5.74, 6) is -0.389. The summed E-state index contributed by atoms with van der Waals surface area (Å²) in [5.41, 5.74) is 0.877. The quantitative estimate of drug-likeness (QED) is 0.710. The standard InChI is InChI=1S/C18H13ClFNO4/c1-10(22)21-13-3-4-14-11(6-18(23)25-17(14)8-13)9-24-16-5-2-12(20)7-15(16)19/h2-8H,9H2,1H3,(H,21,22). The van der Waals surface area contributed by atoms with Crippen LogP contribution < -0.4 is 15.7 Å². The van der Waals surface area contributed by atoms with Gasteiger partial charge in [0.2, 0.25) is 5.91 Å². The Kier molecular flexibility index (Phi) is 4.72. The lowest BCUT2D eigenvalue weighted by molar-refractivity contribution is -0.114. The minimum Gasteiger partial charge on any atom is -0.487 e. The van der Waals surface area contributed by atoms with Gasteiger partial charge in [-0.3, -0.25) is 4.79 Å². The number of hydrogen-bond acceptors (Lipinski definition) is 4. The Morgan fingerprint density at radius 3 is 2.76 bits per heavy atom. The highest BCUT2D eigenvalue weighted by atomic mass is 35.5. The van der Waals surface area contributed by atoms with Crippen LogP contribution in [0.2, 0.25) is 5.02 Å². The highest BCUT2D eigenvalue weighted by Gasteiger charge is 2.10. The van der Waals surface area contributed by atoms with E-state index in [0.717, 1.165) is 6.07 Å². The van der Waals surface area contributed by atoms with Crippen LogP contribution in [0.1, 0.15) is 12.5 Å². The van der Waals surface area contributed by atoms with E-state index in [-0.39, 0.29) is 17.5 Å². The highest BCUT2D eigenvalue weighted by molar-refractivity contribution is 6.32. The van der Waals surface area contributed by atoms with E-state index in [4.69, 9.17) is 20.8 Å². The van der Waals surface area contributed by atoms with E-state index in [9.17, 15) is 14.0 Å². The lowest BCUT2D eigenvalue weighted by Gasteiger charge is -2.10. The van der Waals surface area contributed by atoms with E-state index in [1.807, 2.05) is 0 Å². The van der Waals surface area contributed by atoms with Gasteiger partial charge in [0.1, 0.15) is 23.8 Å². The zero-order valence-electron chi connectivity index (χ0n) is 13.1. The first-order chi connectivity index (χ1) is 11.9. The number of hydrogen-bond donors (Lipinski definition) is 1. The fraction of sp³-hybridized carbons (Fsp3) is 0.111. The van der Waals surface area contributed by atoms with E-state index in [2.05, 4.69) is 5.32 Å². The number of anilines is 1. The second-order valence-corrected chi connectivity index (χ2v) is 5.75. The molecule has 0 saturated carbocycles. The van der Waals surface area contributed by atoms with Gasteiger partial charge >= 0.3 is 5.63 Å². The van der Waals surface area contributed by atoms with Crippen molar-refractivity contribution in [2.45, 2.75) is 13.5 Å². The third kappa shape index (κ3) is 3.97. The Hall–Kier alpha value is -2.86. The number of ether oxygens (including phenoxy) is 1. The summed E-state index contributed by atoms with van der Waals surface area (Å²) in [6, 6.07) is 10.1. The van der Waals surface area contributed by atoms with Crippen molar-refractivity contribution in [2.75, 3.05) is 5.32 Å². The smallest absolute Gasteiger partial charge is 0.336 e. The maximum atomic E-state index is 13.1. The fourth-order valence-corrected chi connectivity index (χ4v) is 2.60. The van der Waals surface area contributed by atoms with Crippen LogP contribution in [-0.2, 0) is 11.4 Å². The number of amides is 1. The summed E-state index contributed by atoms with van der Waals surface area (Å²) in [5, 5.41) is 3.42. The summed E-state index contributed by atoms with van der Waals surface area (Å²) in [6.07, 6.45) is 0. The van der Waals surface area contributed by atoms with Crippen molar-refractivity contribution < 1.29 is 18.3 Å². The molecule has 0 unspecified atom stereocenters. The minimum absolute atomic E-state index is 0.0485. The molecule has 0 spiro atoms. The molecular formula is C18H13ClFNO4. The number of carbonyl (C=O) groups excluding carboxylic acids is 1. The predicted molar refractivity (Wildman–Crippen MR) is 92.5 cm³/mol. The molecule has 1 N–H and O–H groups in total. The molecule has 0 bridgehead atoms. The molecule has 3 aromatic rings. The minimum atomic E-state index is -0.545. The molecule has 0 saturated heterocycles. The lowest BCUT2D eigenvalue weighted by Crippen LogP contribution is -2.07. The number of nitrogens with one attached hydrogen (secondary N) is 1. The third-order valence-corrected chi connectivity index (χ3v) is 3.72. The van der Waals surface area contributed by atoms with Gasteiger partial charge in [-0.05, 0) is 30.3 Å².